The third kappa shape index (κ3) is 3.61. The molecule has 0 aromatic heterocycles. The Morgan fingerprint density at radius 3 is 2.48 bits per heavy atom. The van der Waals surface area contributed by atoms with Crippen LogP contribution in [0.25, 0.3) is 5.70 Å². The van der Waals surface area contributed by atoms with Crippen molar-refractivity contribution in [2.45, 2.75) is 44.6 Å². The Kier molecular flexibility index (Phi) is 5.35. The molecule has 1 fully saturated rings. The molecule has 0 radical (unpaired) electrons. The van der Waals surface area contributed by atoms with Crippen LogP contribution in [-0.4, -0.2) is 41.9 Å². The zero-order valence-electron chi connectivity index (χ0n) is 15.9. The molecule has 144 valence electrons. The Hall–Kier alpha value is -2.63. The van der Waals surface area contributed by atoms with Gasteiger partial charge in [0.1, 0.15) is 5.54 Å². The van der Waals surface area contributed by atoms with E-state index >= 15 is 0 Å². The Balaban J connectivity index is 1.63. The first-order valence-electron chi connectivity index (χ1n) is 9.37. The van der Waals surface area contributed by atoms with Gasteiger partial charge in [-0.2, -0.15) is 0 Å². The van der Waals surface area contributed by atoms with Crippen LogP contribution in [0.1, 0.15) is 54.9 Å². The fourth-order valence-electron chi connectivity index (χ4n) is 3.94. The normalized spacial score (nSPS) is 24.5. The summed E-state index contributed by atoms with van der Waals surface area (Å²) >= 11 is 0. The maximum atomic E-state index is 12.6. The number of methoxy groups -OCH3 is 1. The molecule has 0 saturated heterocycles. The van der Waals surface area contributed by atoms with E-state index in [4.69, 9.17) is 4.74 Å². The number of benzene rings is 1. The van der Waals surface area contributed by atoms with Crippen molar-refractivity contribution in [3.05, 3.63) is 42.0 Å². The third-order valence-electron chi connectivity index (χ3n) is 5.68. The van der Waals surface area contributed by atoms with E-state index in [1.807, 2.05) is 18.2 Å². The van der Waals surface area contributed by atoms with Gasteiger partial charge in [0.25, 0.3) is 5.91 Å². The number of amides is 2. The molecule has 0 spiro atoms. The minimum Gasteiger partial charge on any atom is -0.467 e. The van der Waals surface area contributed by atoms with Crippen LogP contribution in [0.2, 0.25) is 0 Å². The summed E-state index contributed by atoms with van der Waals surface area (Å²) in [7, 11) is 1.35. The van der Waals surface area contributed by atoms with Crippen LogP contribution in [-0.2, 0) is 14.3 Å². The number of nitrogens with zero attached hydrogens (tertiary/aromatic N) is 1. The molecule has 1 aromatic rings. The average molecular weight is 370 g/mol. The summed E-state index contributed by atoms with van der Waals surface area (Å²) in [6.07, 6.45) is 2.99. The van der Waals surface area contributed by atoms with Gasteiger partial charge >= 0.3 is 5.97 Å². The van der Waals surface area contributed by atoms with Gasteiger partial charge in [0.05, 0.1) is 7.11 Å². The van der Waals surface area contributed by atoms with Crippen molar-refractivity contribution in [1.82, 2.24) is 10.2 Å². The fraction of sp³-hybridized carbons (Fsp3) is 0.476. The Morgan fingerprint density at radius 1 is 1.26 bits per heavy atom. The van der Waals surface area contributed by atoms with E-state index in [-0.39, 0.29) is 24.8 Å². The van der Waals surface area contributed by atoms with Gasteiger partial charge in [-0.25, -0.2) is 4.79 Å². The third-order valence-corrected chi connectivity index (χ3v) is 5.68. The Labute approximate surface area is 159 Å². The van der Waals surface area contributed by atoms with Gasteiger partial charge in [-0.15, -0.1) is 0 Å². The number of carbonyl (C=O) groups is 3. The molecule has 1 aliphatic heterocycles. The number of nitrogens with one attached hydrogen (secondary N) is 1. The summed E-state index contributed by atoms with van der Waals surface area (Å²) in [6, 6.07) is 7.28. The number of hydrogen-bond acceptors (Lipinski definition) is 4. The number of fused-ring (bicyclic) bond motifs is 1. The molecule has 0 atom stereocenters. The second kappa shape index (κ2) is 7.55. The van der Waals surface area contributed by atoms with Gasteiger partial charge in [-0.05, 0) is 37.7 Å². The van der Waals surface area contributed by atoms with Crippen molar-refractivity contribution in [2.24, 2.45) is 5.92 Å². The molecule has 1 aliphatic carbocycles. The molecule has 2 amide bonds. The highest BCUT2D eigenvalue weighted by molar-refractivity contribution is 6.08. The molecule has 1 saturated carbocycles. The molecular weight excluding hydrogens is 344 g/mol. The van der Waals surface area contributed by atoms with Crippen LogP contribution in [0.3, 0.4) is 0 Å². The van der Waals surface area contributed by atoms with Gasteiger partial charge in [-0.1, -0.05) is 31.7 Å². The molecule has 2 aliphatic rings. The van der Waals surface area contributed by atoms with E-state index in [0.29, 0.717) is 30.0 Å². The predicted molar refractivity (Wildman–Crippen MR) is 102 cm³/mol. The first kappa shape index (κ1) is 19.1. The number of hydrogen-bond donors (Lipinski definition) is 1. The van der Waals surface area contributed by atoms with E-state index in [2.05, 4.69) is 18.8 Å². The van der Waals surface area contributed by atoms with E-state index < -0.39 is 11.5 Å². The summed E-state index contributed by atoms with van der Waals surface area (Å²) in [5, 5.41) is 2.90. The van der Waals surface area contributed by atoms with Crippen molar-refractivity contribution >= 4 is 23.5 Å². The van der Waals surface area contributed by atoms with Crippen LogP contribution in [0.5, 0.6) is 0 Å². The number of carbonyl (C=O) groups excluding carboxylic acids is 3. The highest BCUT2D eigenvalue weighted by Crippen LogP contribution is 2.34. The van der Waals surface area contributed by atoms with Crippen molar-refractivity contribution in [3.8, 4) is 0 Å². The molecule has 1 N–H and O–H groups in total. The largest absolute Gasteiger partial charge is 0.467 e. The highest BCUT2D eigenvalue weighted by Gasteiger charge is 2.43. The van der Waals surface area contributed by atoms with Crippen LogP contribution in [0.15, 0.2) is 30.8 Å². The zero-order valence-corrected chi connectivity index (χ0v) is 15.9. The van der Waals surface area contributed by atoms with Gasteiger partial charge in [-0.3, -0.25) is 9.59 Å². The molecule has 6 heteroatoms. The minimum atomic E-state index is -0.951. The molecule has 27 heavy (non-hydrogen) atoms. The lowest BCUT2D eigenvalue weighted by Gasteiger charge is -2.37. The van der Waals surface area contributed by atoms with Gasteiger partial charge in [0.2, 0.25) is 5.91 Å². The minimum absolute atomic E-state index is 0.104. The smallest absolute Gasteiger partial charge is 0.331 e. The van der Waals surface area contributed by atoms with Gasteiger partial charge in [0.15, 0.2) is 0 Å². The Morgan fingerprint density at radius 2 is 1.89 bits per heavy atom. The van der Waals surface area contributed by atoms with Crippen LogP contribution < -0.4 is 5.32 Å². The zero-order chi connectivity index (χ0) is 19.6. The van der Waals surface area contributed by atoms with Crippen molar-refractivity contribution < 1.29 is 19.1 Å². The first-order valence-corrected chi connectivity index (χ1v) is 9.37. The molecule has 3 rings (SSSR count). The van der Waals surface area contributed by atoms with E-state index in [0.717, 1.165) is 18.4 Å². The average Bonchev–Trinajstić information content (AvgIpc) is 2.92. The molecule has 6 nitrogen and oxygen atoms in total. The predicted octanol–water partition coefficient (Wildman–Crippen LogP) is 2.74. The van der Waals surface area contributed by atoms with Crippen molar-refractivity contribution in [3.63, 3.8) is 0 Å². The van der Waals surface area contributed by atoms with E-state index in [1.165, 1.54) is 12.0 Å². The summed E-state index contributed by atoms with van der Waals surface area (Å²) < 4.78 is 4.95. The highest BCUT2D eigenvalue weighted by atomic mass is 16.5. The fourth-order valence-corrected chi connectivity index (χ4v) is 3.94. The number of ether oxygens (including phenoxy) is 1. The second-order valence-corrected chi connectivity index (χ2v) is 7.50. The quantitative estimate of drug-likeness (QED) is 0.809. The lowest BCUT2D eigenvalue weighted by Crippen LogP contribution is -2.57. The molecule has 1 heterocycles. The molecule has 0 bridgehead atoms. The molecular formula is C21H26N2O4. The van der Waals surface area contributed by atoms with Gasteiger partial charge in [0, 0.05) is 29.8 Å². The summed E-state index contributed by atoms with van der Waals surface area (Å²) in [4.78, 5) is 39.0. The monoisotopic (exact) mass is 370 g/mol. The SMILES string of the molecule is C=C1c2ccccc2C(=O)N1CCC(=O)NC1(C(=O)OC)CCC(C)CC1. The standard InChI is InChI=1S/C21H26N2O4/c1-14-8-11-21(12-9-14,20(26)27-3)22-18(24)10-13-23-15(2)16-6-4-5-7-17(16)19(23)25/h4-7,14H,2,8-13H2,1,3H3,(H,22,24). The maximum Gasteiger partial charge on any atom is 0.331 e. The lowest BCUT2D eigenvalue weighted by molar-refractivity contribution is -0.153. The van der Waals surface area contributed by atoms with Crippen LogP contribution in [0.4, 0.5) is 0 Å². The number of esters is 1. The Bertz CT molecular complexity index is 743. The van der Waals surface area contributed by atoms with E-state index in [9.17, 15) is 14.4 Å². The summed E-state index contributed by atoms with van der Waals surface area (Å²) in [5.41, 5.74) is 1.07. The van der Waals surface area contributed by atoms with Crippen molar-refractivity contribution in [2.75, 3.05) is 13.7 Å². The maximum absolute atomic E-state index is 12.6. The topological polar surface area (TPSA) is 75.7 Å². The van der Waals surface area contributed by atoms with Crippen LogP contribution in [0, 0.1) is 5.92 Å². The number of rotatable bonds is 5. The molecule has 0 unspecified atom stereocenters. The van der Waals surface area contributed by atoms with Crippen molar-refractivity contribution in [1.29, 1.82) is 0 Å². The van der Waals surface area contributed by atoms with E-state index in [1.54, 1.807) is 6.07 Å². The van der Waals surface area contributed by atoms with Gasteiger partial charge < -0.3 is 15.0 Å². The summed E-state index contributed by atoms with van der Waals surface area (Å²) in [6.45, 7) is 6.36. The first-order chi connectivity index (χ1) is 12.9. The lowest BCUT2D eigenvalue weighted by atomic mass is 9.77. The second-order valence-electron chi connectivity index (χ2n) is 7.50. The summed E-state index contributed by atoms with van der Waals surface area (Å²) in [5.74, 6) is -0.260. The van der Waals surface area contributed by atoms with Crippen LogP contribution >= 0.6 is 0 Å². The molecule has 1 aromatic carbocycles.